The maximum atomic E-state index is 12.4. The van der Waals surface area contributed by atoms with Crippen LogP contribution in [0.2, 0.25) is 0 Å². The van der Waals surface area contributed by atoms with Crippen LogP contribution < -0.4 is 10.5 Å². The first-order chi connectivity index (χ1) is 12.6. The van der Waals surface area contributed by atoms with Crippen LogP contribution in [0, 0.1) is 0 Å². The largest absolute Gasteiger partial charge is 0.484 e. The van der Waals surface area contributed by atoms with E-state index in [1.54, 1.807) is 29.2 Å². The van der Waals surface area contributed by atoms with Gasteiger partial charge in [-0.05, 0) is 36.2 Å². The Bertz CT molecular complexity index is 699. The van der Waals surface area contributed by atoms with Gasteiger partial charge < -0.3 is 15.4 Å². The molecule has 0 spiro atoms. The second-order valence-electron chi connectivity index (χ2n) is 5.99. The molecule has 2 rings (SSSR count). The zero-order chi connectivity index (χ0) is 18.8. The lowest BCUT2D eigenvalue weighted by Crippen LogP contribution is -2.39. The lowest BCUT2D eigenvalue weighted by Gasteiger charge is -2.22. The first kappa shape index (κ1) is 19.7. The molecule has 0 atom stereocenters. The summed E-state index contributed by atoms with van der Waals surface area (Å²) in [6, 6.07) is 16.9. The smallest absolute Gasteiger partial charge is 0.260 e. The highest BCUT2D eigenvalue weighted by Crippen LogP contribution is 2.13. The number of ether oxygens (including phenoxy) is 1. The van der Waals surface area contributed by atoms with Crippen LogP contribution in [0.15, 0.2) is 54.6 Å². The molecule has 0 aliphatic carbocycles. The third-order valence-corrected chi connectivity index (χ3v) is 4.12. The molecule has 0 saturated heterocycles. The van der Waals surface area contributed by atoms with Crippen molar-refractivity contribution in [3.63, 3.8) is 0 Å². The molecule has 2 N–H and O–H groups in total. The summed E-state index contributed by atoms with van der Waals surface area (Å²) in [5.74, 6) is 0.560. The third-order valence-electron chi connectivity index (χ3n) is 4.12. The summed E-state index contributed by atoms with van der Waals surface area (Å²) in [5, 5.41) is 0. The second-order valence-corrected chi connectivity index (χ2v) is 5.99. The van der Waals surface area contributed by atoms with Gasteiger partial charge in [0.05, 0.1) is 0 Å². The molecule has 2 aromatic rings. The zero-order valence-electron chi connectivity index (χ0n) is 15.2. The molecule has 0 unspecified atom stereocenters. The molecule has 0 heterocycles. The van der Waals surface area contributed by atoms with E-state index in [1.165, 1.54) is 5.56 Å². The quantitative estimate of drug-likeness (QED) is 0.666. The van der Waals surface area contributed by atoms with Crippen molar-refractivity contribution in [3.05, 3.63) is 65.7 Å². The van der Waals surface area contributed by atoms with E-state index < -0.39 is 0 Å². The van der Waals surface area contributed by atoms with Crippen LogP contribution in [-0.4, -0.2) is 42.8 Å². The predicted octanol–water partition coefficient (Wildman–Crippen LogP) is 2.69. The van der Waals surface area contributed by atoms with Crippen molar-refractivity contribution in [3.8, 4) is 5.75 Å². The SMILES string of the molecule is CCC(=O)c1ccc(OCC(=O)N(CCN)CCc2ccccc2)cc1. The summed E-state index contributed by atoms with van der Waals surface area (Å²) >= 11 is 0. The van der Waals surface area contributed by atoms with Crippen LogP contribution in [0.1, 0.15) is 29.3 Å². The Labute approximate surface area is 154 Å². The fourth-order valence-electron chi connectivity index (χ4n) is 2.60. The van der Waals surface area contributed by atoms with Crippen molar-refractivity contribution in [1.29, 1.82) is 0 Å². The molecule has 26 heavy (non-hydrogen) atoms. The summed E-state index contributed by atoms with van der Waals surface area (Å²) in [6.07, 6.45) is 1.24. The van der Waals surface area contributed by atoms with Gasteiger partial charge in [0.15, 0.2) is 12.4 Å². The van der Waals surface area contributed by atoms with Crippen molar-refractivity contribution in [2.75, 3.05) is 26.2 Å². The summed E-state index contributed by atoms with van der Waals surface area (Å²) in [7, 11) is 0. The van der Waals surface area contributed by atoms with Crippen LogP contribution in [0.3, 0.4) is 0 Å². The Morgan fingerprint density at radius 2 is 1.69 bits per heavy atom. The summed E-state index contributed by atoms with van der Waals surface area (Å²) in [4.78, 5) is 25.8. The standard InChI is InChI=1S/C21H26N2O3/c1-2-20(24)18-8-10-19(11-9-18)26-16-21(25)23(15-13-22)14-12-17-6-4-3-5-7-17/h3-11H,2,12-16,22H2,1H3. The van der Waals surface area contributed by atoms with Gasteiger partial charge in [-0.25, -0.2) is 0 Å². The average Bonchev–Trinajstić information content (AvgIpc) is 2.69. The zero-order valence-corrected chi connectivity index (χ0v) is 15.2. The van der Waals surface area contributed by atoms with E-state index in [9.17, 15) is 9.59 Å². The third kappa shape index (κ3) is 6.01. The molecule has 5 heteroatoms. The number of nitrogens with zero attached hydrogens (tertiary/aromatic N) is 1. The van der Waals surface area contributed by atoms with E-state index >= 15 is 0 Å². The number of nitrogens with two attached hydrogens (primary N) is 1. The van der Waals surface area contributed by atoms with Gasteiger partial charge in [0, 0.05) is 31.6 Å². The second kappa shape index (κ2) is 10.4. The van der Waals surface area contributed by atoms with Crippen molar-refractivity contribution in [2.24, 2.45) is 5.73 Å². The topological polar surface area (TPSA) is 72.6 Å². The fraction of sp³-hybridized carbons (Fsp3) is 0.333. The molecule has 5 nitrogen and oxygen atoms in total. The maximum absolute atomic E-state index is 12.4. The molecule has 0 bridgehead atoms. The number of ketones is 1. The molecular formula is C21H26N2O3. The van der Waals surface area contributed by atoms with Crippen molar-refractivity contribution in [2.45, 2.75) is 19.8 Å². The summed E-state index contributed by atoms with van der Waals surface area (Å²) in [5.41, 5.74) is 7.47. The normalized spacial score (nSPS) is 10.4. The van der Waals surface area contributed by atoms with Gasteiger partial charge in [0.2, 0.25) is 0 Å². The molecular weight excluding hydrogens is 328 g/mol. The average molecular weight is 354 g/mol. The Hall–Kier alpha value is -2.66. The number of carbonyl (C=O) groups excluding carboxylic acids is 2. The van der Waals surface area contributed by atoms with E-state index in [2.05, 4.69) is 0 Å². The molecule has 0 radical (unpaired) electrons. The van der Waals surface area contributed by atoms with Crippen LogP contribution in [0.4, 0.5) is 0 Å². The fourth-order valence-corrected chi connectivity index (χ4v) is 2.60. The lowest BCUT2D eigenvalue weighted by molar-refractivity contribution is -0.133. The Balaban J connectivity index is 1.87. The number of hydrogen-bond donors (Lipinski definition) is 1. The highest BCUT2D eigenvalue weighted by Gasteiger charge is 2.14. The minimum Gasteiger partial charge on any atom is -0.484 e. The van der Waals surface area contributed by atoms with Crippen LogP contribution in [-0.2, 0) is 11.2 Å². The Kier molecular flexibility index (Phi) is 7.83. The number of hydrogen-bond acceptors (Lipinski definition) is 4. The van der Waals surface area contributed by atoms with E-state index in [0.29, 0.717) is 37.4 Å². The highest BCUT2D eigenvalue weighted by atomic mass is 16.5. The van der Waals surface area contributed by atoms with E-state index in [1.807, 2.05) is 37.3 Å². The Morgan fingerprint density at radius 1 is 1.00 bits per heavy atom. The van der Waals surface area contributed by atoms with Gasteiger partial charge in [-0.15, -0.1) is 0 Å². The Morgan fingerprint density at radius 3 is 2.31 bits per heavy atom. The molecule has 0 fully saturated rings. The van der Waals surface area contributed by atoms with Gasteiger partial charge in [-0.3, -0.25) is 9.59 Å². The summed E-state index contributed by atoms with van der Waals surface area (Å²) < 4.78 is 5.57. The van der Waals surface area contributed by atoms with Gasteiger partial charge in [0.1, 0.15) is 5.75 Å². The number of carbonyl (C=O) groups is 2. The van der Waals surface area contributed by atoms with Gasteiger partial charge >= 0.3 is 0 Å². The van der Waals surface area contributed by atoms with Crippen molar-refractivity contribution < 1.29 is 14.3 Å². The van der Waals surface area contributed by atoms with Crippen molar-refractivity contribution >= 4 is 11.7 Å². The van der Waals surface area contributed by atoms with Crippen LogP contribution in [0.25, 0.3) is 0 Å². The predicted molar refractivity (Wildman–Crippen MR) is 102 cm³/mol. The molecule has 1 amide bonds. The van der Waals surface area contributed by atoms with Gasteiger partial charge in [-0.1, -0.05) is 37.3 Å². The van der Waals surface area contributed by atoms with Crippen LogP contribution in [0.5, 0.6) is 5.75 Å². The van der Waals surface area contributed by atoms with Gasteiger partial charge in [0.25, 0.3) is 5.91 Å². The van der Waals surface area contributed by atoms with Crippen molar-refractivity contribution in [1.82, 2.24) is 4.90 Å². The number of amides is 1. The maximum Gasteiger partial charge on any atom is 0.260 e. The van der Waals surface area contributed by atoms with E-state index in [0.717, 1.165) is 6.42 Å². The number of Topliss-reactive ketones (excluding diaryl/α,β-unsaturated/α-hetero) is 1. The number of rotatable bonds is 10. The van der Waals surface area contributed by atoms with Crippen LogP contribution >= 0.6 is 0 Å². The monoisotopic (exact) mass is 354 g/mol. The van der Waals surface area contributed by atoms with E-state index in [4.69, 9.17) is 10.5 Å². The molecule has 0 saturated carbocycles. The molecule has 0 aromatic heterocycles. The highest BCUT2D eigenvalue weighted by molar-refractivity contribution is 5.95. The molecule has 138 valence electrons. The minimum absolute atomic E-state index is 0.0458. The summed E-state index contributed by atoms with van der Waals surface area (Å²) in [6.45, 7) is 3.30. The number of benzene rings is 2. The lowest BCUT2D eigenvalue weighted by atomic mass is 10.1. The van der Waals surface area contributed by atoms with E-state index in [-0.39, 0.29) is 18.3 Å². The molecule has 2 aromatic carbocycles. The molecule has 0 aliphatic heterocycles. The first-order valence-electron chi connectivity index (χ1n) is 8.92. The first-order valence-corrected chi connectivity index (χ1v) is 8.92. The van der Waals surface area contributed by atoms with Gasteiger partial charge in [-0.2, -0.15) is 0 Å². The minimum atomic E-state index is -0.0971. The molecule has 0 aliphatic rings.